The molecule has 1 heterocycles. The Morgan fingerprint density at radius 1 is 1.11 bits per heavy atom. The number of halogens is 1. The van der Waals surface area contributed by atoms with Crippen LogP contribution < -0.4 is 10.1 Å². The van der Waals surface area contributed by atoms with Gasteiger partial charge >= 0.3 is 0 Å². The molecule has 1 saturated heterocycles. The number of ether oxygens (including phenoxy) is 1. The molecule has 1 aromatic rings. The fraction of sp³-hybridized carbons (Fsp3) is 0.750. The highest BCUT2D eigenvalue weighted by Crippen LogP contribution is 2.48. The molecule has 160 valence electrons. The lowest BCUT2D eigenvalue weighted by molar-refractivity contribution is 0.153. The first-order chi connectivity index (χ1) is 13.2. The molecule has 1 saturated carbocycles. The predicted octanol–water partition coefficient (Wildman–Crippen LogP) is 5.94. The van der Waals surface area contributed by atoms with Crippen molar-refractivity contribution in [1.82, 2.24) is 10.2 Å². The summed E-state index contributed by atoms with van der Waals surface area (Å²) < 4.78 is 5.62. The Morgan fingerprint density at radius 2 is 1.75 bits per heavy atom. The third kappa shape index (κ3) is 5.04. The average molecular weight is 409 g/mol. The summed E-state index contributed by atoms with van der Waals surface area (Å²) >= 11 is 0. The molecule has 4 heteroatoms. The molecule has 0 amide bonds. The fourth-order valence-corrected chi connectivity index (χ4v) is 5.51. The highest BCUT2D eigenvalue weighted by Gasteiger charge is 2.34. The predicted molar refractivity (Wildman–Crippen MR) is 122 cm³/mol. The molecule has 28 heavy (non-hydrogen) atoms. The first-order valence-corrected chi connectivity index (χ1v) is 11.3. The maximum Gasteiger partial charge on any atom is 0.119 e. The Morgan fingerprint density at radius 3 is 2.29 bits per heavy atom. The first kappa shape index (κ1) is 23.5. The Kier molecular flexibility index (Phi) is 9.11. The molecule has 1 aromatic carbocycles. The molecule has 0 aromatic heterocycles. The summed E-state index contributed by atoms with van der Waals surface area (Å²) in [5, 5.41) is 3.50. The van der Waals surface area contributed by atoms with Gasteiger partial charge in [0.15, 0.2) is 0 Å². The van der Waals surface area contributed by atoms with Crippen molar-refractivity contribution < 1.29 is 4.74 Å². The van der Waals surface area contributed by atoms with Crippen molar-refractivity contribution in [2.24, 2.45) is 5.41 Å². The van der Waals surface area contributed by atoms with Crippen molar-refractivity contribution in [3.8, 4) is 5.75 Å². The minimum atomic E-state index is 0. The van der Waals surface area contributed by atoms with Gasteiger partial charge in [0.25, 0.3) is 0 Å². The highest BCUT2D eigenvalue weighted by molar-refractivity contribution is 5.85. The van der Waals surface area contributed by atoms with Crippen LogP contribution in [0.3, 0.4) is 0 Å². The van der Waals surface area contributed by atoms with Gasteiger partial charge in [0, 0.05) is 32.2 Å². The van der Waals surface area contributed by atoms with Crippen LogP contribution in [-0.2, 0) is 0 Å². The van der Waals surface area contributed by atoms with E-state index in [0.29, 0.717) is 17.4 Å². The fourth-order valence-electron chi connectivity index (χ4n) is 5.51. The van der Waals surface area contributed by atoms with Crippen LogP contribution in [0.2, 0.25) is 0 Å². The molecular formula is C24H41ClN2O. The Labute approximate surface area is 179 Å². The molecule has 1 unspecified atom stereocenters. The summed E-state index contributed by atoms with van der Waals surface area (Å²) in [6.07, 6.45) is 9.31. The zero-order valence-corrected chi connectivity index (χ0v) is 19.2. The van der Waals surface area contributed by atoms with Gasteiger partial charge in [-0.1, -0.05) is 39.7 Å². The van der Waals surface area contributed by atoms with E-state index in [1.54, 1.807) is 12.7 Å². The molecule has 3 nitrogen and oxygen atoms in total. The number of benzene rings is 1. The van der Waals surface area contributed by atoms with Gasteiger partial charge < -0.3 is 10.1 Å². The molecule has 1 aliphatic heterocycles. The lowest BCUT2D eigenvalue weighted by Gasteiger charge is -2.41. The third-order valence-electron chi connectivity index (χ3n) is 7.62. The monoisotopic (exact) mass is 408 g/mol. The van der Waals surface area contributed by atoms with E-state index in [0.717, 1.165) is 31.9 Å². The molecule has 0 bridgehead atoms. The zero-order chi connectivity index (χ0) is 19.3. The van der Waals surface area contributed by atoms with Gasteiger partial charge in [-0.2, -0.15) is 0 Å². The summed E-state index contributed by atoms with van der Waals surface area (Å²) in [7, 11) is 1.79. The van der Waals surface area contributed by atoms with Gasteiger partial charge in [-0.25, -0.2) is 0 Å². The van der Waals surface area contributed by atoms with Gasteiger partial charge in [0.05, 0.1) is 7.11 Å². The zero-order valence-electron chi connectivity index (χ0n) is 18.4. The number of hydrogen-bond acceptors (Lipinski definition) is 3. The second kappa shape index (κ2) is 10.8. The van der Waals surface area contributed by atoms with Crippen LogP contribution in [0.4, 0.5) is 0 Å². The van der Waals surface area contributed by atoms with Crippen LogP contribution >= 0.6 is 12.4 Å². The number of nitrogens with one attached hydrogen (secondary N) is 1. The van der Waals surface area contributed by atoms with Crippen molar-refractivity contribution in [3.63, 3.8) is 0 Å². The number of nitrogens with zero attached hydrogens (tertiary/aromatic N) is 1. The summed E-state index contributed by atoms with van der Waals surface area (Å²) in [5.41, 5.74) is 3.73. The normalized spacial score (nSPS) is 21.7. The molecule has 2 fully saturated rings. The summed E-state index contributed by atoms with van der Waals surface area (Å²) in [4.78, 5) is 2.68. The lowest BCUT2D eigenvalue weighted by atomic mass is 9.65. The van der Waals surface area contributed by atoms with Crippen molar-refractivity contribution >= 4 is 12.4 Å². The van der Waals surface area contributed by atoms with E-state index >= 15 is 0 Å². The van der Waals surface area contributed by atoms with Crippen LogP contribution in [0.1, 0.15) is 88.8 Å². The lowest BCUT2D eigenvalue weighted by Crippen LogP contribution is -2.45. The van der Waals surface area contributed by atoms with Crippen LogP contribution in [0.5, 0.6) is 5.75 Å². The van der Waals surface area contributed by atoms with E-state index in [-0.39, 0.29) is 12.4 Å². The standard InChI is InChI=1S/C24H40N2O.ClH/c1-5-23(26-16-14-25-15-17-26)22-18-20(27-4)8-9-21(22)19-10-12-24(6-2,7-3)13-11-19;/h8-9,18-19,23,25H,5-7,10-17H2,1-4H3;1H. The van der Waals surface area contributed by atoms with E-state index in [1.165, 1.54) is 50.5 Å². The summed E-state index contributed by atoms with van der Waals surface area (Å²) in [6, 6.07) is 7.42. The quantitative estimate of drug-likeness (QED) is 0.604. The smallest absolute Gasteiger partial charge is 0.119 e. The molecule has 2 aliphatic rings. The average Bonchev–Trinajstić information content (AvgIpc) is 2.75. The van der Waals surface area contributed by atoms with E-state index < -0.39 is 0 Å². The van der Waals surface area contributed by atoms with Crippen molar-refractivity contribution in [3.05, 3.63) is 29.3 Å². The van der Waals surface area contributed by atoms with Crippen LogP contribution in [-0.4, -0.2) is 38.2 Å². The Balaban J connectivity index is 0.00000280. The van der Waals surface area contributed by atoms with Gasteiger partial charge in [-0.15, -0.1) is 12.4 Å². The SMILES string of the molecule is CCC(c1cc(OC)ccc1C1CCC(CC)(CC)CC1)N1CCNCC1.Cl. The van der Waals surface area contributed by atoms with Crippen LogP contribution in [0.25, 0.3) is 0 Å². The second-order valence-corrected chi connectivity index (χ2v) is 8.69. The van der Waals surface area contributed by atoms with Gasteiger partial charge in [-0.3, -0.25) is 4.90 Å². The molecule has 0 spiro atoms. The van der Waals surface area contributed by atoms with Gasteiger partial charge in [0.2, 0.25) is 0 Å². The minimum absolute atomic E-state index is 0. The second-order valence-electron chi connectivity index (χ2n) is 8.69. The van der Waals surface area contributed by atoms with Crippen LogP contribution in [0.15, 0.2) is 18.2 Å². The highest BCUT2D eigenvalue weighted by atomic mass is 35.5. The van der Waals surface area contributed by atoms with Crippen LogP contribution in [0, 0.1) is 5.41 Å². The van der Waals surface area contributed by atoms with Crippen molar-refractivity contribution in [1.29, 1.82) is 0 Å². The van der Waals surface area contributed by atoms with Gasteiger partial charge in [-0.05, 0) is 66.7 Å². The maximum absolute atomic E-state index is 5.62. The molecule has 1 aliphatic carbocycles. The van der Waals surface area contributed by atoms with E-state index in [4.69, 9.17) is 4.74 Å². The summed E-state index contributed by atoms with van der Waals surface area (Å²) in [5.74, 6) is 1.73. The number of hydrogen-bond donors (Lipinski definition) is 1. The Hall–Kier alpha value is -0.770. The molecule has 1 N–H and O–H groups in total. The molecule has 3 rings (SSSR count). The van der Waals surface area contributed by atoms with Gasteiger partial charge in [0.1, 0.15) is 5.75 Å². The maximum atomic E-state index is 5.62. The molecule has 0 radical (unpaired) electrons. The number of piperazine rings is 1. The Bertz CT molecular complexity index is 586. The molecule has 1 atom stereocenters. The topological polar surface area (TPSA) is 24.5 Å². The third-order valence-corrected chi connectivity index (χ3v) is 7.62. The van der Waals surface area contributed by atoms with Crippen molar-refractivity contribution in [2.45, 2.75) is 77.7 Å². The summed E-state index contributed by atoms with van der Waals surface area (Å²) in [6.45, 7) is 11.6. The number of methoxy groups -OCH3 is 1. The van der Waals surface area contributed by atoms with E-state index in [9.17, 15) is 0 Å². The first-order valence-electron chi connectivity index (χ1n) is 11.3. The van der Waals surface area contributed by atoms with Crippen molar-refractivity contribution in [2.75, 3.05) is 33.3 Å². The minimum Gasteiger partial charge on any atom is -0.497 e. The van der Waals surface area contributed by atoms with E-state index in [2.05, 4.69) is 49.2 Å². The number of rotatable bonds is 7. The largest absolute Gasteiger partial charge is 0.497 e. The molecular weight excluding hydrogens is 368 g/mol. The van der Waals surface area contributed by atoms with E-state index in [1.807, 2.05) is 0 Å².